The lowest BCUT2D eigenvalue weighted by atomic mass is 10.1. The highest BCUT2D eigenvalue weighted by Crippen LogP contribution is 2.28. The third kappa shape index (κ3) is 5.77. The number of benzene rings is 2. The van der Waals surface area contributed by atoms with E-state index in [2.05, 4.69) is 10.2 Å². The van der Waals surface area contributed by atoms with Crippen molar-refractivity contribution < 1.29 is 14.6 Å². The zero-order valence-corrected chi connectivity index (χ0v) is 18.7. The van der Waals surface area contributed by atoms with E-state index in [1.807, 2.05) is 66.9 Å². The summed E-state index contributed by atoms with van der Waals surface area (Å²) in [6.45, 7) is 6.10. The maximum Gasteiger partial charge on any atom is 0.316 e. The van der Waals surface area contributed by atoms with Gasteiger partial charge in [-0.25, -0.2) is 0 Å². The molecular formula is C22H24ClN3O3S. The molecule has 8 heteroatoms. The van der Waals surface area contributed by atoms with E-state index in [1.54, 1.807) is 6.92 Å². The molecule has 1 N–H and O–H groups in total. The van der Waals surface area contributed by atoms with Crippen molar-refractivity contribution in [3.05, 3.63) is 70.5 Å². The summed E-state index contributed by atoms with van der Waals surface area (Å²) < 4.78 is 7.66. The maximum absolute atomic E-state index is 11.3. The second kappa shape index (κ2) is 10.00. The highest BCUT2D eigenvalue weighted by Gasteiger charge is 2.20. The van der Waals surface area contributed by atoms with Gasteiger partial charge in [0.05, 0.1) is 17.7 Å². The molecule has 6 nitrogen and oxygen atoms in total. The number of rotatable bonds is 9. The van der Waals surface area contributed by atoms with E-state index < -0.39 is 11.2 Å². The Bertz CT molecular complexity index is 1010. The third-order valence-electron chi connectivity index (χ3n) is 4.33. The zero-order chi connectivity index (χ0) is 21.7. The van der Waals surface area contributed by atoms with Gasteiger partial charge in [-0.2, -0.15) is 0 Å². The van der Waals surface area contributed by atoms with Crippen LogP contribution in [0.5, 0.6) is 5.75 Å². The fourth-order valence-electron chi connectivity index (χ4n) is 2.86. The van der Waals surface area contributed by atoms with Crippen molar-refractivity contribution in [3.8, 4) is 5.75 Å². The molecule has 0 spiro atoms. The smallest absolute Gasteiger partial charge is 0.316 e. The number of ether oxygens (including phenoxy) is 1. The molecule has 0 aliphatic carbocycles. The first-order valence-electron chi connectivity index (χ1n) is 9.64. The fourth-order valence-corrected chi connectivity index (χ4v) is 3.91. The number of halogens is 1. The third-order valence-corrected chi connectivity index (χ3v) is 5.69. The molecule has 1 atom stereocenters. The largest absolute Gasteiger partial charge is 0.489 e. The Kier molecular flexibility index (Phi) is 7.39. The Morgan fingerprint density at radius 3 is 2.50 bits per heavy atom. The fraction of sp³-hybridized carbons (Fsp3) is 0.318. The molecule has 0 unspecified atom stereocenters. The van der Waals surface area contributed by atoms with Crippen molar-refractivity contribution in [2.45, 2.75) is 50.2 Å². The van der Waals surface area contributed by atoms with Gasteiger partial charge in [-0.3, -0.25) is 4.79 Å². The minimum atomic E-state index is -0.886. The molecule has 0 saturated heterocycles. The molecule has 0 fully saturated rings. The van der Waals surface area contributed by atoms with Crippen molar-refractivity contribution >= 4 is 29.3 Å². The summed E-state index contributed by atoms with van der Waals surface area (Å²) in [4.78, 5) is 11.3. The SMILES string of the molecule is CC(C)Oc1ccc(Cc2nnc(S[C@@H](C)C(=O)O)n2Cc2ccccc2)cc1Cl. The Morgan fingerprint density at radius 1 is 1.13 bits per heavy atom. The van der Waals surface area contributed by atoms with Crippen LogP contribution < -0.4 is 4.74 Å². The monoisotopic (exact) mass is 445 g/mol. The minimum Gasteiger partial charge on any atom is -0.489 e. The molecule has 1 heterocycles. The summed E-state index contributed by atoms with van der Waals surface area (Å²) in [7, 11) is 0. The van der Waals surface area contributed by atoms with Gasteiger partial charge in [-0.1, -0.05) is 59.8 Å². The lowest BCUT2D eigenvalue weighted by Gasteiger charge is -2.13. The summed E-state index contributed by atoms with van der Waals surface area (Å²) >= 11 is 7.57. The summed E-state index contributed by atoms with van der Waals surface area (Å²) in [5.74, 6) is 0.503. The van der Waals surface area contributed by atoms with Crippen molar-refractivity contribution in [2.24, 2.45) is 0 Å². The van der Waals surface area contributed by atoms with E-state index in [0.717, 1.165) is 17.0 Å². The van der Waals surface area contributed by atoms with Crippen LogP contribution in [0.3, 0.4) is 0 Å². The standard InChI is InChI=1S/C22H24ClN3O3S/c1-14(2)29-19-10-9-17(11-18(19)23)12-20-24-25-22(30-15(3)21(27)28)26(20)13-16-7-5-4-6-8-16/h4-11,14-15H,12-13H2,1-3H3,(H,27,28)/t15-/m0/s1. The molecule has 0 amide bonds. The molecular weight excluding hydrogens is 422 g/mol. The molecule has 0 bridgehead atoms. The van der Waals surface area contributed by atoms with E-state index in [0.29, 0.717) is 28.9 Å². The molecule has 0 aliphatic rings. The lowest BCUT2D eigenvalue weighted by Crippen LogP contribution is -2.14. The number of hydrogen-bond donors (Lipinski definition) is 1. The highest BCUT2D eigenvalue weighted by molar-refractivity contribution is 8.00. The van der Waals surface area contributed by atoms with Crippen molar-refractivity contribution in [1.29, 1.82) is 0 Å². The van der Waals surface area contributed by atoms with Gasteiger partial charge >= 0.3 is 5.97 Å². The van der Waals surface area contributed by atoms with Crippen LogP contribution in [0, 0.1) is 0 Å². The van der Waals surface area contributed by atoms with Crippen LogP contribution in [-0.2, 0) is 17.8 Å². The molecule has 3 aromatic rings. The Labute approximate surface area is 185 Å². The van der Waals surface area contributed by atoms with E-state index in [-0.39, 0.29) is 6.10 Å². The first-order valence-corrected chi connectivity index (χ1v) is 10.9. The van der Waals surface area contributed by atoms with Gasteiger partial charge in [0.25, 0.3) is 0 Å². The average molecular weight is 446 g/mol. The average Bonchev–Trinajstić information content (AvgIpc) is 3.05. The van der Waals surface area contributed by atoms with Gasteiger partial charge in [0.2, 0.25) is 0 Å². The van der Waals surface area contributed by atoms with Crippen LogP contribution in [0.4, 0.5) is 0 Å². The van der Waals surface area contributed by atoms with Crippen LogP contribution in [0.25, 0.3) is 0 Å². The highest BCUT2D eigenvalue weighted by atomic mass is 35.5. The molecule has 158 valence electrons. The topological polar surface area (TPSA) is 77.2 Å². The normalized spacial score (nSPS) is 12.2. The van der Waals surface area contributed by atoms with E-state index in [9.17, 15) is 9.90 Å². The molecule has 1 aromatic heterocycles. The van der Waals surface area contributed by atoms with E-state index in [4.69, 9.17) is 16.3 Å². The second-order valence-electron chi connectivity index (χ2n) is 7.18. The molecule has 0 aliphatic heterocycles. The Hall–Kier alpha value is -2.51. The van der Waals surface area contributed by atoms with Crippen LogP contribution >= 0.6 is 23.4 Å². The molecule has 30 heavy (non-hydrogen) atoms. The predicted molar refractivity (Wildman–Crippen MR) is 119 cm³/mol. The predicted octanol–water partition coefficient (Wildman–Crippen LogP) is 4.92. The first-order chi connectivity index (χ1) is 14.3. The van der Waals surface area contributed by atoms with Crippen molar-refractivity contribution in [2.75, 3.05) is 0 Å². The zero-order valence-electron chi connectivity index (χ0n) is 17.1. The second-order valence-corrected chi connectivity index (χ2v) is 8.89. The van der Waals surface area contributed by atoms with Crippen molar-refractivity contribution in [3.63, 3.8) is 0 Å². The summed E-state index contributed by atoms with van der Waals surface area (Å²) in [6.07, 6.45) is 0.557. The Morgan fingerprint density at radius 2 is 1.87 bits per heavy atom. The van der Waals surface area contributed by atoms with Crippen LogP contribution in [-0.4, -0.2) is 37.2 Å². The molecule has 0 radical (unpaired) electrons. The van der Waals surface area contributed by atoms with Crippen LogP contribution in [0.1, 0.15) is 37.7 Å². The summed E-state index contributed by atoms with van der Waals surface area (Å²) in [5, 5.41) is 18.4. The minimum absolute atomic E-state index is 0.0399. The number of aliphatic carboxylic acids is 1. The summed E-state index contributed by atoms with van der Waals surface area (Å²) in [6, 6.07) is 15.6. The van der Waals surface area contributed by atoms with Crippen LogP contribution in [0.2, 0.25) is 5.02 Å². The Balaban J connectivity index is 1.89. The van der Waals surface area contributed by atoms with E-state index >= 15 is 0 Å². The number of nitrogens with zero attached hydrogens (tertiary/aromatic N) is 3. The number of carboxylic acid groups (broad SMARTS) is 1. The molecule has 3 rings (SSSR count). The number of hydrogen-bond acceptors (Lipinski definition) is 5. The summed E-state index contributed by atoms with van der Waals surface area (Å²) in [5.41, 5.74) is 2.06. The quantitative estimate of drug-likeness (QED) is 0.471. The van der Waals surface area contributed by atoms with Crippen LogP contribution in [0.15, 0.2) is 53.7 Å². The lowest BCUT2D eigenvalue weighted by molar-refractivity contribution is -0.136. The van der Waals surface area contributed by atoms with Gasteiger partial charge in [0.15, 0.2) is 5.16 Å². The number of carboxylic acids is 1. The van der Waals surface area contributed by atoms with Gasteiger partial charge < -0.3 is 14.4 Å². The van der Waals surface area contributed by atoms with Gasteiger partial charge in [0, 0.05) is 6.42 Å². The molecule has 2 aromatic carbocycles. The van der Waals surface area contributed by atoms with E-state index in [1.165, 1.54) is 11.8 Å². The molecule has 0 saturated carbocycles. The number of aromatic nitrogens is 3. The van der Waals surface area contributed by atoms with Crippen molar-refractivity contribution in [1.82, 2.24) is 14.8 Å². The number of carbonyl (C=O) groups is 1. The number of thioether (sulfide) groups is 1. The maximum atomic E-state index is 11.3. The van der Waals surface area contributed by atoms with Gasteiger partial charge in [-0.05, 0) is 44.0 Å². The van der Waals surface area contributed by atoms with Gasteiger partial charge in [-0.15, -0.1) is 10.2 Å². The van der Waals surface area contributed by atoms with Gasteiger partial charge in [0.1, 0.15) is 16.8 Å². The first kappa shape index (κ1) is 22.2.